The maximum absolute atomic E-state index is 13.7. The molecule has 0 heterocycles. The van der Waals surface area contributed by atoms with Gasteiger partial charge in [-0.15, -0.1) is 0 Å². The highest BCUT2D eigenvalue weighted by molar-refractivity contribution is 6.10. The first-order chi connectivity index (χ1) is 49.1. The second-order valence-electron chi connectivity index (χ2n) is 27.7. The smallest absolute Gasteiger partial charge is 0.412 e. The molecule has 7 aromatic carbocycles. The van der Waals surface area contributed by atoms with Crippen molar-refractivity contribution in [3.05, 3.63) is 178 Å². The predicted octanol–water partition coefficient (Wildman–Crippen LogP) is 17.3. The Morgan fingerprint density at radius 2 is 0.644 bits per heavy atom. The van der Waals surface area contributed by atoms with E-state index in [-0.39, 0.29) is 81.4 Å². The lowest BCUT2D eigenvalue weighted by Gasteiger charge is -2.21. The molecule has 0 bridgehead atoms. The number of carbonyl (C=O) groups is 8. The molecule has 0 saturated carbocycles. The molecule has 24 heteroatoms. The second-order valence-corrected chi connectivity index (χ2v) is 27.7. The molecule has 6 N–H and O–H groups in total. The Morgan fingerprint density at radius 1 is 0.356 bits per heavy atom. The lowest BCUT2D eigenvalue weighted by Crippen LogP contribution is -2.27. The van der Waals surface area contributed by atoms with E-state index in [1.165, 1.54) is 44.6 Å². The van der Waals surface area contributed by atoms with E-state index in [1.54, 1.807) is 120 Å². The highest BCUT2D eigenvalue weighted by Gasteiger charge is 2.25. The molecule has 0 radical (unpaired) electrons. The summed E-state index contributed by atoms with van der Waals surface area (Å²) in [6, 6.07) is 37.5. The Balaban J connectivity index is 0.000000327. The quantitative estimate of drug-likeness (QED) is 0.0187. The summed E-state index contributed by atoms with van der Waals surface area (Å²) >= 11 is 0. The van der Waals surface area contributed by atoms with Crippen LogP contribution in [0.2, 0.25) is 0 Å². The van der Waals surface area contributed by atoms with E-state index >= 15 is 0 Å². The minimum absolute atomic E-state index is 0.158. The number of esters is 2. The topological polar surface area (TPSA) is 301 Å². The van der Waals surface area contributed by atoms with E-state index in [0.717, 1.165) is 5.56 Å². The van der Waals surface area contributed by atoms with E-state index < -0.39 is 59.0 Å². The van der Waals surface area contributed by atoms with Crippen molar-refractivity contribution in [2.75, 3.05) is 65.9 Å². The Kier molecular flexibility index (Phi) is 29.9. The molecule has 104 heavy (non-hydrogen) atoms. The lowest BCUT2D eigenvalue weighted by molar-refractivity contribution is 0.0591. The first-order valence-corrected chi connectivity index (χ1v) is 34.3. The van der Waals surface area contributed by atoms with E-state index in [4.69, 9.17) is 47.4 Å². The molecule has 24 nitrogen and oxygen atoms in total. The fourth-order valence-electron chi connectivity index (χ4n) is 9.14. The van der Waals surface area contributed by atoms with Crippen molar-refractivity contribution in [2.24, 2.45) is 17.8 Å². The average molecular weight is 1430 g/mol. The molecule has 0 aromatic heterocycles. The summed E-state index contributed by atoms with van der Waals surface area (Å²) < 4.78 is 56.5. The fourth-order valence-corrected chi connectivity index (χ4v) is 9.14. The Hall–Kier alpha value is -11.3. The zero-order valence-electron chi connectivity index (χ0n) is 62.5. The van der Waals surface area contributed by atoms with Crippen molar-refractivity contribution < 1.29 is 85.7 Å². The van der Waals surface area contributed by atoms with Crippen molar-refractivity contribution in [1.29, 1.82) is 0 Å². The fraction of sp³-hybridized carbons (Fsp3) is 0.375. The van der Waals surface area contributed by atoms with Gasteiger partial charge in [0.2, 0.25) is 0 Å². The van der Waals surface area contributed by atoms with Gasteiger partial charge in [-0.05, 0) is 201 Å². The highest BCUT2D eigenvalue weighted by atomic mass is 16.6. The molecule has 0 aliphatic carbocycles. The summed E-state index contributed by atoms with van der Waals surface area (Å²) in [5, 5.41) is 16.9. The van der Waals surface area contributed by atoms with Crippen LogP contribution in [0.25, 0.3) is 0 Å². The number of hydrogen-bond acceptors (Lipinski definition) is 18. The van der Waals surface area contributed by atoms with Crippen LogP contribution in [0.15, 0.2) is 140 Å². The molecule has 1 atom stereocenters. The summed E-state index contributed by atoms with van der Waals surface area (Å²) in [4.78, 5) is 104. The average Bonchev–Trinajstić information content (AvgIpc) is 0.804. The summed E-state index contributed by atoms with van der Waals surface area (Å²) in [6.07, 6.45) is -1.03. The molecule has 0 saturated heterocycles. The van der Waals surface area contributed by atoms with Crippen LogP contribution in [0, 0.1) is 17.8 Å². The standard InChI is InChI=1S/C42H49N3O9.C38H49N3O9/c1-26(2)23-51-36-21-30(15-18-34(36)45-41(49)54-42(5,6)7)39(47)43-32-17-14-29(20-35(32)53-25-28-12-10-9-11-13-28)38(46)44-33-19-16-31(40(48)50-8)22-37(33)52-24-27(3)4;1-11-24(6)49-33-20-27(36(44)46-10)14-17-29(33)40-34(42)25-12-15-28(31(18-25)47-21-22(2)3)39-35(43)26-13-16-30(32(19-26)48-23(4)5)41-37(45)50-38(7,8)9/h9-22,26-27H,23-25H2,1-8H3,(H,43,47)(H,44,46)(H,45,49);12-20,22-24H,11,21H2,1-10H3,(H,39,43)(H,40,42)(H,41,45). The Morgan fingerprint density at radius 3 is 0.971 bits per heavy atom. The minimum Gasteiger partial charge on any atom is -0.491 e. The molecular weight excluding hydrogens is 1330 g/mol. The van der Waals surface area contributed by atoms with E-state index in [1.807, 2.05) is 99.6 Å². The van der Waals surface area contributed by atoms with Gasteiger partial charge in [0.05, 0.1) is 91.5 Å². The third kappa shape index (κ3) is 26.3. The van der Waals surface area contributed by atoms with Crippen LogP contribution in [0.5, 0.6) is 34.5 Å². The van der Waals surface area contributed by atoms with Gasteiger partial charge in [-0.2, -0.15) is 0 Å². The monoisotopic (exact) mass is 1430 g/mol. The molecule has 7 rings (SSSR count). The first kappa shape index (κ1) is 81.7. The maximum Gasteiger partial charge on any atom is 0.412 e. The molecule has 6 amide bonds. The molecule has 0 fully saturated rings. The van der Waals surface area contributed by atoms with Crippen LogP contribution in [0.4, 0.5) is 43.7 Å². The molecule has 1 unspecified atom stereocenters. The van der Waals surface area contributed by atoms with Gasteiger partial charge in [-0.3, -0.25) is 29.8 Å². The minimum atomic E-state index is -0.707. The van der Waals surface area contributed by atoms with Gasteiger partial charge < -0.3 is 68.6 Å². The van der Waals surface area contributed by atoms with Crippen LogP contribution in [0.3, 0.4) is 0 Å². The number of ether oxygens (including phenoxy) is 10. The second kappa shape index (κ2) is 38.1. The molecule has 0 spiro atoms. The number of methoxy groups -OCH3 is 2. The van der Waals surface area contributed by atoms with Gasteiger partial charge in [0.1, 0.15) is 52.3 Å². The highest BCUT2D eigenvalue weighted by Crippen LogP contribution is 2.36. The van der Waals surface area contributed by atoms with E-state index in [2.05, 4.69) is 31.9 Å². The lowest BCUT2D eigenvalue weighted by atomic mass is 10.1. The number of amides is 6. The first-order valence-electron chi connectivity index (χ1n) is 34.3. The summed E-state index contributed by atoms with van der Waals surface area (Å²) in [5.41, 5.74) is 3.13. The van der Waals surface area contributed by atoms with Gasteiger partial charge >= 0.3 is 24.1 Å². The molecule has 0 aliphatic heterocycles. The summed E-state index contributed by atoms with van der Waals surface area (Å²) in [5.74, 6) is -0.658. The zero-order valence-corrected chi connectivity index (χ0v) is 62.5. The molecule has 0 aliphatic rings. The van der Waals surface area contributed by atoms with Crippen molar-refractivity contribution in [3.8, 4) is 34.5 Å². The Labute approximate surface area is 608 Å². The summed E-state index contributed by atoms with van der Waals surface area (Å²) in [7, 11) is 2.58. The largest absolute Gasteiger partial charge is 0.491 e. The van der Waals surface area contributed by atoms with Gasteiger partial charge in [-0.25, -0.2) is 19.2 Å². The number of hydrogen-bond donors (Lipinski definition) is 6. The van der Waals surface area contributed by atoms with Crippen LogP contribution < -0.4 is 60.3 Å². The predicted molar refractivity (Wildman–Crippen MR) is 401 cm³/mol. The number of benzene rings is 7. The number of rotatable bonds is 29. The molecular formula is C80H98N6O18. The van der Waals surface area contributed by atoms with Gasteiger partial charge in [-0.1, -0.05) is 78.8 Å². The van der Waals surface area contributed by atoms with E-state index in [9.17, 15) is 38.4 Å². The van der Waals surface area contributed by atoms with Crippen molar-refractivity contribution in [1.82, 2.24) is 0 Å². The van der Waals surface area contributed by atoms with Crippen LogP contribution in [-0.4, -0.2) is 105 Å². The normalized spacial score (nSPS) is 11.4. The van der Waals surface area contributed by atoms with Gasteiger partial charge in [0.25, 0.3) is 23.6 Å². The third-order valence-corrected chi connectivity index (χ3v) is 14.3. The molecule has 556 valence electrons. The number of carbonyl (C=O) groups excluding carboxylic acids is 8. The SMILES string of the molecule is CCC(C)Oc1cc(C(=O)OC)ccc1NC(=O)c1ccc(NC(=O)c2ccc(NC(=O)OC(C)(C)C)c(OC(C)C)c2)c(OCC(C)C)c1.COC(=O)c1ccc(NC(=O)c2ccc(NC(=O)c3ccc(NC(=O)OC(C)(C)C)c(OCC(C)C)c3)c(OCc3ccccc3)c2)c(OCC(C)C)c1. The maximum atomic E-state index is 13.7. The van der Waals surface area contributed by atoms with Crippen LogP contribution in [-0.2, 0) is 25.6 Å². The van der Waals surface area contributed by atoms with Crippen LogP contribution in [0.1, 0.15) is 185 Å². The Bertz CT molecular complexity index is 4140. The van der Waals surface area contributed by atoms with E-state index in [0.29, 0.717) is 83.4 Å². The zero-order chi connectivity index (χ0) is 76.6. The van der Waals surface area contributed by atoms with Gasteiger partial charge in [0, 0.05) is 22.3 Å². The van der Waals surface area contributed by atoms with Gasteiger partial charge in [0.15, 0.2) is 0 Å². The number of nitrogens with one attached hydrogen (secondary N) is 6. The van der Waals surface area contributed by atoms with Crippen LogP contribution >= 0.6 is 0 Å². The number of anilines is 6. The van der Waals surface area contributed by atoms with Crippen molar-refractivity contribution in [3.63, 3.8) is 0 Å². The third-order valence-electron chi connectivity index (χ3n) is 14.3. The molecule has 7 aromatic rings. The summed E-state index contributed by atoms with van der Waals surface area (Å²) in [6.45, 7) is 31.2. The van der Waals surface area contributed by atoms with Crippen molar-refractivity contribution in [2.45, 2.75) is 147 Å². The van der Waals surface area contributed by atoms with Crippen molar-refractivity contribution >= 4 is 81.9 Å².